The number of fused-ring (bicyclic) bond motifs is 1. The lowest BCUT2D eigenvalue weighted by Gasteiger charge is -2.02. The van der Waals surface area contributed by atoms with Crippen molar-refractivity contribution in [2.75, 3.05) is 0 Å². The second kappa shape index (κ2) is 4.53. The van der Waals surface area contributed by atoms with Gasteiger partial charge in [0.15, 0.2) is 11.4 Å². The van der Waals surface area contributed by atoms with E-state index in [0.717, 1.165) is 11.1 Å². The van der Waals surface area contributed by atoms with Crippen molar-refractivity contribution in [3.8, 4) is 5.75 Å². The summed E-state index contributed by atoms with van der Waals surface area (Å²) in [5, 5.41) is 0.752. The Balaban J connectivity index is 1.81. The van der Waals surface area contributed by atoms with E-state index in [0.29, 0.717) is 5.76 Å². The molecule has 0 spiro atoms. The van der Waals surface area contributed by atoms with Crippen molar-refractivity contribution in [2.24, 2.45) is 0 Å². The van der Waals surface area contributed by atoms with Gasteiger partial charge in [0.2, 0.25) is 0 Å². The third-order valence-corrected chi connectivity index (χ3v) is 2.67. The van der Waals surface area contributed by atoms with Crippen LogP contribution in [-0.2, 0) is 6.61 Å². The molecular weight excluding hydrogens is 231 g/mol. The van der Waals surface area contributed by atoms with Crippen LogP contribution in [0.15, 0.2) is 59.0 Å². The number of hydrogen-bond donors (Lipinski definition) is 0. The van der Waals surface area contributed by atoms with Crippen molar-refractivity contribution >= 4 is 11.0 Å². The van der Waals surface area contributed by atoms with Crippen LogP contribution < -0.4 is 4.74 Å². The maximum absolute atomic E-state index is 13.4. The molecule has 3 heteroatoms. The average Bonchev–Trinajstić information content (AvgIpc) is 2.82. The maximum atomic E-state index is 13.4. The highest BCUT2D eigenvalue weighted by atomic mass is 19.1. The zero-order chi connectivity index (χ0) is 12.4. The van der Waals surface area contributed by atoms with Gasteiger partial charge in [-0.3, -0.25) is 0 Å². The summed E-state index contributed by atoms with van der Waals surface area (Å²) in [5.41, 5.74) is 0.282. The van der Waals surface area contributed by atoms with Crippen LogP contribution in [0.5, 0.6) is 5.75 Å². The van der Waals surface area contributed by atoms with E-state index in [1.165, 1.54) is 6.07 Å². The minimum atomic E-state index is -0.349. The molecule has 0 aliphatic rings. The topological polar surface area (TPSA) is 22.4 Å². The Morgan fingerprint density at radius 3 is 2.61 bits per heavy atom. The van der Waals surface area contributed by atoms with Gasteiger partial charge in [0.05, 0.1) is 0 Å². The molecule has 1 aromatic heterocycles. The molecule has 18 heavy (non-hydrogen) atoms. The van der Waals surface area contributed by atoms with Gasteiger partial charge in [-0.05, 0) is 24.3 Å². The van der Waals surface area contributed by atoms with Gasteiger partial charge in [-0.15, -0.1) is 0 Å². The molecule has 0 aliphatic carbocycles. The zero-order valence-electron chi connectivity index (χ0n) is 9.60. The van der Waals surface area contributed by atoms with E-state index in [1.807, 2.05) is 36.4 Å². The molecule has 0 amide bonds. The van der Waals surface area contributed by atoms with Crippen LogP contribution in [0.1, 0.15) is 5.76 Å². The summed E-state index contributed by atoms with van der Waals surface area (Å²) in [5.74, 6) is 1.02. The minimum Gasteiger partial charge on any atom is -0.486 e. The van der Waals surface area contributed by atoms with Gasteiger partial charge in [0.25, 0.3) is 0 Å². The average molecular weight is 242 g/mol. The second-order valence-electron chi connectivity index (χ2n) is 3.97. The van der Waals surface area contributed by atoms with Crippen molar-refractivity contribution in [3.63, 3.8) is 0 Å². The number of furan rings is 1. The van der Waals surface area contributed by atoms with E-state index >= 15 is 0 Å². The SMILES string of the molecule is Fc1cccc2cc(COc3ccccc3)oc12. The molecule has 3 aromatic rings. The molecule has 0 bridgehead atoms. The Labute approximate surface area is 104 Å². The first-order chi connectivity index (χ1) is 8.83. The van der Waals surface area contributed by atoms with Gasteiger partial charge in [0.1, 0.15) is 18.1 Å². The van der Waals surface area contributed by atoms with E-state index in [4.69, 9.17) is 9.15 Å². The number of para-hydroxylation sites is 2. The van der Waals surface area contributed by atoms with Crippen LogP contribution in [0.3, 0.4) is 0 Å². The fourth-order valence-corrected chi connectivity index (χ4v) is 1.82. The highest BCUT2D eigenvalue weighted by molar-refractivity contribution is 5.78. The zero-order valence-corrected chi connectivity index (χ0v) is 9.60. The predicted molar refractivity (Wildman–Crippen MR) is 66.9 cm³/mol. The highest BCUT2D eigenvalue weighted by Crippen LogP contribution is 2.23. The Kier molecular flexibility index (Phi) is 2.73. The molecule has 0 N–H and O–H groups in total. The monoisotopic (exact) mass is 242 g/mol. The molecule has 0 radical (unpaired) electrons. The van der Waals surface area contributed by atoms with Gasteiger partial charge >= 0.3 is 0 Å². The van der Waals surface area contributed by atoms with Gasteiger partial charge in [0, 0.05) is 5.39 Å². The van der Waals surface area contributed by atoms with Crippen LogP contribution in [0.25, 0.3) is 11.0 Å². The van der Waals surface area contributed by atoms with Gasteiger partial charge in [-0.2, -0.15) is 0 Å². The molecule has 0 unspecified atom stereocenters. The molecule has 0 saturated heterocycles. The first kappa shape index (κ1) is 10.8. The van der Waals surface area contributed by atoms with Crippen molar-refractivity contribution in [1.29, 1.82) is 0 Å². The Bertz CT molecular complexity index is 659. The van der Waals surface area contributed by atoms with Crippen molar-refractivity contribution in [1.82, 2.24) is 0 Å². The minimum absolute atomic E-state index is 0.282. The number of halogens is 1. The summed E-state index contributed by atoms with van der Waals surface area (Å²) in [6, 6.07) is 16.1. The molecule has 90 valence electrons. The molecule has 0 fully saturated rings. The molecular formula is C15H11FO2. The Morgan fingerprint density at radius 2 is 1.83 bits per heavy atom. The summed E-state index contributed by atoms with van der Waals surface area (Å²) >= 11 is 0. The molecule has 2 nitrogen and oxygen atoms in total. The van der Waals surface area contributed by atoms with Crippen LogP contribution in [0, 0.1) is 5.82 Å². The summed E-state index contributed by atoms with van der Waals surface area (Å²) < 4.78 is 24.4. The standard InChI is InChI=1S/C15H11FO2/c16-14-8-4-5-11-9-13(18-15(11)14)10-17-12-6-2-1-3-7-12/h1-9H,10H2. The molecule has 1 heterocycles. The number of rotatable bonds is 3. The third kappa shape index (κ3) is 2.07. The van der Waals surface area contributed by atoms with E-state index in [2.05, 4.69) is 0 Å². The lowest BCUT2D eigenvalue weighted by Crippen LogP contribution is -1.92. The van der Waals surface area contributed by atoms with Crippen LogP contribution >= 0.6 is 0 Å². The molecule has 3 rings (SSSR count). The lowest BCUT2D eigenvalue weighted by molar-refractivity contribution is 0.273. The van der Waals surface area contributed by atoms with Gasteiger partial charge in [-0.1, -0.05) is 30.3 Å². The van der Waals surface area contributed by atoms with E-state index in [9.17, 15) is 4.39 Å². The van der Waals surface area contributed by atoms with Crippen molar-refractivity contribution in [2.45, 2.75) is 6.61 Å². The molecule has 0 aliphatic heterocycles. The highest BCUT2D eigenvalue weighted by Gasteiger charge is 2.08. The lowest BCUT2D eigenvalue weighted by atomic mass is 10.2. The fraction of sp³-hybridized carbons (Fsp3) is 0.0667. The normalized spacial score (nSPS) is 10.7. The number of ether oxygens (including phenoxy) is 1. The summed E-state index contributed by atoms with van der Waals surface area (Å²) in [6.07, 6.45) is 0. The first-order valence-corrected chi connectivity index (χ1v) is 5.68. The van der Waals surface area contributed by atoms with E-state index in [1.54, 1.807) is 12.1 Å². The quantitative estimate of drug-likeness (QED) is 0.688. The van der Waals surface area contributed by atoms with Gasteiger partial charge < -0.3 is 9.15 Å². The van der Waals surface area contributed by atoms with Gasteiger partial charge in [-0.25, -0.2) is 4.39 Å². The second-order valence-corrected chi connectivity index (χ2v) is 3.97. The smallest absolute Gasteiger partial charge is 0.170 e. The van der Waals surface area contributed by atoms with Crippen LogP contribution in [-0.4, -0.2) is 0 Å². The molecule has 2 aromatic carbocycles. The summed E-state index contributed by atoms with van der Waals surface area (Å²) in [6.45, 7) is 0.290. The number of benzene rings is 2. The summed E-state index contributed by atoms with van der Waals surface area (Å²) in [7, 11) is 0. The van der Waals surface area contributed by atoms with Crippen LogP contribution in [0.2, 0.25) is 0 Å². The van der Waals surface area contributed by atoms with E-state index in [-0.39, 0.29) is 18.0 Å². The fourth-order valence-electron chi connectivity index (χ4n) is 1.82. The first-order valence-electron chi connectivity index (χ1n) is 5.68. The maximum Gasteiger partial charge on any atom is 0.170 e. The van der Waals surface area contributed by atoms with Crippen molar-refractivity contribution < 1.29 is 13.5 Å². The van der Waals surface area contributed by atoms with Crippen LogP contribution in [0.4, 0.5) is 4.39 Å². The Hall–Kier alpha value is -2.29. The number of hydrogen-bond acceptors (Lipinski definition) is 2. The summed E-state index contributed by atoms with van der Waals surface area (Å²) in [4.78, 5) is 0. The molecule has 0 atom stereocenters. The Morgan fingerprint density at radius 1 is 1.00 bits per heavy atom. The third-order valence-electron chi connectivity index (χ3n) is 2.67. The largest absolute Gasteiger partial charge is 0.486 e. The van der Waals surface area contributed by atoms with E-state index < -0.39 is 0 Å². The molecule has 0 saturated carbocycles. The predicted octanol–water partition coefficient (Wildman–Crippen LogP) is 4.15. The van der Waals surface area contributed by atoms with Crippen molar-refractivity contribution in [3.05, 3.63) is 66.2 Å².